The molecular weight excluding hydrogens is 526 g/mol. The van der Waals surface area contributed by atoms with Crippen molar-refractivity contribution in [3.63, 3.8) is 0 Å². The standard InChI is InChI=1S/C19H11Br2ClF3NO2/c1-28-18(27)15-12-6-11(22)7-14(21)17(12)26-16(13(15)8-20)9-3-2-4-10(5-9)19(23,24)25/h2-7H,8H2,1H3. The summed E-state index contributed by atoms with van der Waals surface area (Å²) in [6, 6.07) is 7.97. The monoisotopic (exact) mass is 535 g/mol. The van der Waals surface area contributed by atoms with E-state index in [0.29, 0.717) is 26.0 Å². The van der Waals surface area contributed by atoms with Crippen molar-refractivity contribution in [1.29, 1.82) is 0 Å². The number of pyridine rings is 1. The molecule has 146 valence electrons. The van der Waals surface area contributed by atoms with Crippen LogP contribution in [0, 0.1) is 0 Å². The molecule has 1 aromatic heterocycles. The van der Waals surface area contributed by atoms with E-state index in [-0.39, 0.29) is 22.2 Å². The molecule has 1 heterocycles. The number of methoxy groups -OCH3 is 1. The molecule has 0 amide bonds. The summed E-state index contributed by atoms with van der Waals surface area (Å²) in [6.45, 7) is 0. The van der Waals surface area contributed by atoms with Gasteiger partial charge >= 0.3 is 12.1 Å². The number of esters is 1. The molecule has 0 saturated heterocycles. The predicted octanol–water partition coefficient (Wildman–Crippen LogP) is 7.02. The Labute approximate surface area is 180 Å². The molecule has 0 aliphatic heterocycles. The minimum atomic E-state index is -4.50. The number of fused-ring (bicyclic) bond motifs is 1. The van der Waals surface area contributed by atoms with Crippen molar-refractivity contribution in [3.05, 3.63) is 62.6 Å². The van der Waals surface area contributed by atoms with Gasteiger partial charge in [-0.15, -0.1) is 0 Å². The first-order valence-electron chi connectivity index (χ1n) is 7.81. The molecule has 3 nitrogen and oxygen atoms in total. The zero-order chi connectivity index (χ0) is 20.6. The molecule has 0 N–H and O–H groups in total. The van der Waals surface area contributed by atoms with Crippen molar-refractivity contribution in [1.82, 2.24) is 4.98 Å². The van der Waals surface area contributed by atoms with Gasteiger partial charge in [0.05, 0.1) is 29.4 Å². The number of carbonyl (C=O) groups excluding carboxylic acids is 1. The fourth-order valence-electron chi connectivity index (χ4n) is 2.88. The summed E-state index contributed by atoms with van der Waals surface area (Å²) in [7, 11) is 1.23. The molecule has 0 fully saturated rings. The lowest BCUT2D eigenvalue weighted by Gasteiger charge is -2.16. The van der Waals surface area contributed by atoms with E-state index in [0.717, 1.165) is 12.1 Å². The maximum absolute atomic E-state index is 13.2. The average Bonchev–Trinajstić information content (AvgIpc) is 2.65. The van der Waals surface area contributed by atoms with E-state index in [2.05, 4.69) is 36.8 Å². The highest BCUT2D eigenvalue weighted by Gasteiger charge is 2.31. The first-order chi connectivity index (χ1) is 13.2. The minimum absolute atomic E-state index is 0.177. The summed E-state index contributed by atoms with van der Waals surface area (Å²) in [6.07, 6.45) is -4.50. The second-order valence-electron chi connectivity index (χ2n) is 5.80. The number of ether oxygens (including phenoxy) is 1. The Hall–Kier alpha value is -1.64. The van der Waals surface area contributed by atoms with Gasteiger partial charge in [-0.3, -0.25) is 0 Å². The maximum atomic E-state index is 13.2. The first kappa shape index (κ1) is 21.1. The lowest BCUT2D eigenvalue weighted by atomic mass is 9.97. The number of hydrogen-bond donors (Lipinski definition) is 0. The van der Waals surface area contributed by atoms with E-state index in [9.17, 15) is 18.0 Å². The predicted molar refractivity (Wildman–Crippen MR) is 109 cm³/mol. The van der Waals surface area contributed by atoms with Gasteiger partial charge in [-0.2, -0.15) is 13.2 Å². The van der Waals surface area contributed by atoms with Gasteiger partial charge in [0.25, 0.3) is 0 Å². The van der Waals surface area contributed by atoms with Crippen LogP contribution in [0.5, 0.6) is 0 Å². The molecule has 3 aromatic rings. The van der Waals surface area contributed by atoms with Crippen molar-refractivity contribution >= 4 is 60.3 Å². The highest BCUT2D eigenvalue weighted by atomic mass is 79.9. The zero-order valence-electron chi connectivity index (χ0n) is 14.2. The van der Waals surface area contributed by atoms with Gasteiger partial charge in [0.2, 0.25) is 0 Å². The number of rotatable bonds is 3. The molecule has 0 radical (unpaired) electrons. The van der Waals surface area contributed by atoms with E-state index < -0.39 is 17.7 Å². The van der Waals surface area contributed by atoms with Crippen LogP contribution < -0.4 is 0 Å². The second kappa shape index (κ2) is 8.00. The molecule has 0 unspecified atom stereocenters. The van der Waals surface area contributed by atoms with Gasteiger partial charge < -0.3 is 4.74 Å². The molecule has 0 spiro atoms. The minimum Gasteiger partial charge on any atom is -0.465 e. The van der Waals surface area contributed by atoms with Crippen LogP contribution in [-0.4, -0.2) is 18.1 Å². The van der Waals surface area contributed by atoms with Crippen LogP contribution in [0.4, 0.5) is 13.2 Å². The number of halogens is 6. The number of benzene rings is 2. The van der Waals surface area contributed by atoms with Gasteiger partial charge in [-0.25, -0.2) is 9.78 Å². The lowest BCUT2D eigenvalue weighted by molar-refractivity contribution is -0.137. The smallest absolute Gasteiger partial charge is 0.416 e. The van der Waals surface area contributed by atoms with Gasteiger partial charge in [0, 0.05) is 31.3 Å². The topological polar surface area (TPSA) is 39.2 Å². The summed E-state index contributed by atoms with van der Waals surface area (Å²) in [5, 5.41) is 0.992. The van der Waals surface area contributed by atoms with Gasteiger partial charge in [0.15, 0.2) is 0 Å². The summed E-state index contributed by atoms with van der Waals surface area (Å²) in [5.74, 6) is -0.635. The molecule has 2 aromatic carbocycles. The molecule has 9 heteroatoms. The van der Waals surface area contributed by atoms with Crippen molar-refractivity contribution in [2.75, 3.05) is 7.11 Å². The van der Waals surface area contributed by atoms with E-state index in [1.165, 1.54) is 19.2 Å². The summed E-state index contributed by atoms with van der Waals surface area (Å²) in [5.41, 5.74) is 0.675. The molecule has 28 heavy (non-hydrogen) atoms. The summed E-state index contributed by atoms with van der Waals surface area (Å²) in [4.78, 5) is 17.1. The Balaban J connectivity index is 2.43. The van der Waals surface area contributed by atoms with E-state index >= 15 is 0 Å². The van der Waals surface area contributed by atoms with Crippen LogP contribution in [0.3, 0.4) is 0 Å². The maximum Gasteiger partial charge on any atom is 0.416 e. The van der Waals surface area contributed by atoms with E-state index in [4.69, 9.17) is 16.3 Å². The fourth-order valence-corrected chi connectivity index (χ4v) is 4.32. The molecule has 0 atom stereocenters. The Bertz CT molecular complexity index is 1090. The van der Waals surface area contributed by atoms with Crippen molar-refractivity contribution < 1.29 is 22.7 Å². The lowest BCUT2D eigenvalue weighted by Crippen LogP contribution is -2.10. The number of carbonyl (C=O) groups is 1. The SMILES string of the molecule is COC(=O)c1c(CBr)c(-c2cccc(C(F)(F)F)c2)nc2c(Br)cc(Cl)cc12. The van der Waals surface area contributed by atoms with Crippen LogP contribution in [-0.2, 0) is 16.2 Å². The van der Waals surface area contributed by atoms with Crippen LogP contribution in [0.2, 0.25) is 5.02 Å². The molecule has 0 aliphatic rings. The normalized spacial score (nSPS) is 11.7. The Morgan fingerprint density at radius 3 is 2.57 bits per heavy atom. The van der Waals surface area contributed by atoms with Gasteiger partial charge in [0.1, 0.15) is 0 Å². The van der Waals surface area contributed by atoms with Crippen LogP contribution in [0.1, 0.15) is 21.5 Å². The highest BCUT2D eigenvalue weighted by molar-refractivity contribution is 9.10. The number of nitrogens with zero attached hydrogens (tertiary/aromatic N) is 1. The number of alkyl halides is 4. The quantitative estimate of drug-likeness (QED) is 0.266. The van der Waals surface area contributed by atoms with Gasteiger partial charge in [-0.1, -0.05) is 39.7 Å². The third-order valence-electron chi connectivity index (χ3n) is 4.10. The van der Waals surface area contributed by atoms with Crippen molar-refractivity contribution in [3.8, 4) is 11.3 Å². The summed E-state index contributed by atoms with van der Waals surface area (Å²) >= 11 is 12.8. The first-order valence-corrected chi connectivity index (χ1v) is 10.1. The summed E-state index contributed by atoms with van der Waals surface area (Å²) < 4.78 is 44.9. The Morgan fingerprint density at radius 2 is 1.96 bits per heavy atom. The Morgan fingerprint density at radius 1 is 1.25 bits per heavy atom. The van der Waals surface area contributed by atoms with Crippen LogP contribution in [0.15, 0.2) is 40.9 Å². The van der Waals surface area contributed by atoms with E-state index in [1.54, 1.807) is 12.1 Å². The average molecular weight is 538 g/mol. The van der Waals surface area contributed by atoms with Crippen LogP contribution in [0.25, 0.3) is 22.2 Å². The molecule has 0 bridgehead atoms. The highest BCUT2D eigenvalue weighted by Crippen LogP contribution is 2.38. The third-order valence-corrected chi connectivity index (χ3v) is 5.48. The van der Waals surface area contributed by atoms with Gasteiger partial charge in [-0.05, 0) is 40.2 Å². The zero-order valence-corrected chi connectivity index (χ0v) is 18.1. The molecule has 3 rings (SSSR count). The fraction of sp³-hybridized carbons (Fsp3) is 0.158. The third kappa shape index (κ3) is 3.90. The Kier molecular flexibility index (Phi) is 6.03. The molecule has 0 aliphatic carbocycles. The number of hydrogen-bond acceptors (Lipinski definition) is 3. The number of aromatic nitrogens is 1. The molecular formula is C19H11Br2ClF3NO2. The largest absolute Gasteiger partial charge is 0.465 e. The second-order valence-corrected chi connectivity index (χ2v) is 7.65. The van der Waals surface area contributed by atoms with Crippen LogP contribution >= 0.6 is 43.5 Å². The molecule has 0 saturated carbocycles. The van der Waals surface area contributed by atoms with Crippen molar-refractivity contribution in [2.24, 2.45) is 0 Å². The van der Waals surface area contributed by atoms with E-state index in [1.807, 2.05) is 0 Å². The van der Waals surface area contributed by atoms with Crippen molar-refractivity contribution in [2.45, 2.75) is 11.5 Å².